The number of hydrogen-bond donors (Lipinski definition) is 0. The van der Waals surface area contributed by atoms with Crippen LogP contribution in [0.1, 0.15) is 18.1 Å². The lowest BCUT2D eigenvalue weighted by molar-refractivity contribution is -0.137. The lowest BCUT2D eigenvalue weighted by Crippen LogP contribution is -2.06. The Bertz CT molecular complexity index is 1370. The monoisotopic (exact) mass is 467 g/mol. The third kappa shape index (κ3) is 5.81. The maximum Gasteiger partial charge on any atom is 0.348 e. The van der Waals surface area contributed by atoms with Gasteiger partial charge < -0.3 is 9.47 Å². The van der Waals surface area contributed by atoms with E-state index < -0.39 is 5.97 Å². The minimum atomic E-state index is -0.682. The Labute approximate surface area is 202 Å². The fourth-order valence-corrected chi connectivity index (χ4v) is 3.39. The fourth-order valence-electron chi connectivity index (χ4n) is 3.39. The third-order valence-corrected chi connectivity index (χ3v) is 5.13. The van der Waals surface area contributed by atoms with Crippen LogP contribution in [0.3, 0.4) is 0 Å². The van der Waals surface area contributed by atoms with Crippen LogP contribution in [0, 0.1) is 17.1 Å². The molecule has 1 aromatic heterocycles. The topological polar surface area (TPSA) is 77.1 Å². The van der Waals surface area contributed by atoms with Gasteiger partial charge in [-0.1, -0.05) is 30.3 Å². The predicted molar refractivity (Wildman–Crippen MR) is 130 cm³/mol. The molecule has 0 saturated heterocycles. The average molecular weight is 468 g/mol. The van der Waals surface area contributed by atoms with E-state index in [1.807, 2.05) is 60.7 Å². The van der Waals surface area contributed by atoms with Crippen molar-refractivity contribution in [1.82, 2.24) is 9.78 Å². The zero-order valence-electron chi connectivity index (χ0n) is 19.0. The number of carbonyl (C=O) groups is 1. The summed E-state index contributed by atoms with van der Waals surface area (Å²) in [4.78, 5) is 12.2. The molecule has 0 spiro atoms. The van der Waals surface area contributed by atoms with E-state index in [0.29, 0.717) is 23.6 Å². The van der Waals surface area contributed by atoms with Crippen molar-refractivity contribution < 1.29 is 18.7 Å². The fraction of sp³-hybridized carbons (Fsp3) is 0.107. The molecule has 7 heteroatoms. The second kappa shape index (κ2) is 10.9. The van der Waals surface area contributed by atoms with Crippen molar-refractivity contribution in [3.8, 4) is 28.8 Å². The molecule has 4 aromatic rings. The van der Waals surface area contributed by atoms with Gasteiger partial charge in [-0.15, -0.1) is 0 Å². The van der Waals surface area contributed by atoms with Gasteiger partial charge in [-0.25, -0.2) is 13.9 Å². The molecule has 0 atom stereocenters. The number of hydrogen-bond acceptors (Lipinski definition) is 5. The molecule has 0 fully saturated rings. The van der Waals surface area contributed by atoms with Crippen LogP contribution in [-0.4, -0.2) is 22.4 Å². The number of benzene rings is 3. The molecular formula is C28H22FN3O3. The second-order valence-electron chi connectivity index (χ2n) is 7.54. The molecule has 1 heterocycles. The Balaban J connectivity index is 1.64. The molecule has 4 rings (SSSR count). The Morgan fingerprint density at radius 2 is 1.77 bits per heavy atom. The number of carbonyl (C=O) groups excluding carboxylic acids is 1. The molecule has 0 amide bonds. The van der Waals surface area contributed by atoms with Crippen LogP contribution in [0.2, 0.25) is 0 Å². The summed E-state index contributed by atoms with van der Waals surface area (Å²) in [5, 5.41) is 14.2. The number of nitrogens with zero attached hydrogens (tertiary/aromatic N) is 3. The number of ether oxygens (including phenoxy) is 2. The van der Waals surface area contributed by atoms with Crippen molar-refractivity contribution in [2.24, 2.45) is 0 Å². The van der Waals surface area contributed by atoms with Gasteiger partial charge in [0.2, 0.25) is 0 Å². The summed E-state index contributed by atoms with van der Waals surface area (Å²) in [7, 11) is 0. The quantitative estimate of drug-likeness (QED) is 0.188. The average Bonchev–Trinajstić information content (AvgIpc) is 3.32. The van der Waals surface area contributed by atoms with Crippen LogP contribution in [0.4, 0.5) is 4.39 Å². The zero-order valence-corrected chi connectivity index (χ0v) is 19.0. The number of aromatic nitrogens is 2. The van der Waals surface area contributed by atoms with E-state index in [-0.39, 0.29) is 18.0 Å². The van der Waals surface area contributed by atoms with Gasteiger partial charge in [0, 0.05) is 17.3 Å². The van der Waals surface area contributed by atoms with E-state index in [1.165, 1.54) is 18.2 Å². The van der Waals surface area contributed by atoms with E-state index >= 15 is 0 Å². The third-order valence-electron chi connectivity index (χ3n) is 5.13. The molecule has 3 aromatic carbocycles. The highest BCUT2D eigenvalue weighted by atomic mass is 19.1. The van der Waals surface area contributed by atoms with Crippen molar-refractivity contribution in [3.05, 3.63) is 108 Å². The second-order valence-corrected chi connectivity index (χ2v) is 7.54. The Morgan fingerprint density at radius 3 is 2.43 bits per heavy atom. The number of esters is 1. The minimum absolute atomic E-state index is 0.111. The molecular weight excluding hydrogens is 445 g/mol. The van der Waals surface area contributed by atoms with Crippen molar-refractivity contribution in [3.63, 3.8) is 0 Å². The summed E-state index contributed by atoms with van der Waals surface area (Å²) in [6.07, 6.45) is 3.25. The van der Waals surface area contributed by atoms with Crippen LogP contribution >= 0.6 is 0 Å². The van der Waals surface area contributed by atoms with Gasteiger partial charge in [0.15, 0.2) is 0 Å². The number of nitriles is 1. The summed E-state index contributed by atoms with van der Waals surface area (Å²) in [6, 6.07) is 24.9. The van der Waals surface area contributed by atoms with Crippen molar-refractivity contribution in [2.75, 3.05) is 6.61 Å². The van der Waals surface area contributed by atoms with Crippen molar-refractivity contribution in [1.29, 1.82) is 5.26 Å². The summed E-state index contributed by atoms with van der Waals surface area (Å²) in [5.41, 5.74) is 3.55. The molecule has 0 aliphatic carbocycles. The first kappa shape index (κ1) is 23.5. The Hall–Kier alpha value is -4.70. The molecule has 0 bridgehead atoms. The molecule has 0 aliphatic heterocycles. The van der Waals surface area contributed by atoms with E-state index in [4.69, 9.17) is 14.6 Å². The van der Waals surface area contributed by atoms with Gasteiger partial charge in [-0.3, -0.25) is 0 Å². The van der Waals surface area contributed by atoms with E-state index in [0.717, 1.165) is 16.8 Å². The smallest absolute Gasteiger partial charge is 0.348 e. The maximum absolute atomic E-state index is 13.1. The molecule has 0 radical (unpaired) electrons. The summed E-state index contributed by atoms with van der Waals surface area (Å²) >= 11 is 0. The first-order valence-corrected chi connectivity index (χ1v) is 11.0. The van der Waals surface area contributed by atoms with E-state index in [9.17, 15) is 14.4 Å². The molecule has 0 saturated carbocycles. The summed E-state index contributed by atoms with van der Waals surface area (Å²) in [5.74, 6) is -0.333. The van der Waals surface area contributed by atoms with Crippen molar-refractivity contribution >= 4 is 12.0 Å². The van der Waals surface area contributed by atoms with Crippen LogP contribution in [0.15, 0.2) is 90.6 Å². The van der Waals surface area contributed by atoms with Gasteiger partial charge in [0.1, 0.15) is 29.8 Å². The van der Waals surface area contributed by atoms with E-state index in [1.54, 1.807) is 29.9 Å². The molecule has 0 N–H and O–H groups in total. The largest absolute Gasteiger partial charge is 0.489 e. The normalized spacial score (nSPS) is 11.1. The molecule has 174 valence electrons. The van der Waals surface area contributed by atoms with Crippen LogP contribution in [-0.2, 0) is 16.1 Å². The Morgan fingerprint density at radius 1 is 1.06 bits per heavy atom. The first-order chi connectivity index (χ1) is 17.1. The lowest BCUT2D eigenvalue weighted by atomic mass is 10.1. The minimum Gasteiger partial charge on any atom is -0.489 e. The number of rotatable bonds is 8. The highest BCUT2D eigenvalue weighted by Crippen LogP contribution is 2.28. The standard InChI is InChI=1S/C28H22FN3O3/c1-2-34-28(33)22(17-30)16-23-18-32(25-6-4-3-5-7-25)31-27(23)21-10-14-26(15-11-21)35-19-20-8-12-24(29)13-9-20/h3-16,18H,2,19H2,1H3/b22-16-. The SMILES string of the molecule is CCOC(=O)/C(C#N)=C\c1cn(-c2ccccc2)nc1-c1ccc(OCc2ccc(F)cc2)cc1. The van der Waals surface area contributed by atoms with Gasteiger partial charge in [-0.05, 0) is 67.1 Å². The Kier molecular flexibility index (Phi) is 7.34. The summed E-state index contributed by atoms with van der Waals surface area (Å²) in [6.45, 7) is 2.17. The highest BCUT2D eigenvalue weighted by Gasteiger charge is 2.16. The van der Waals surface area contributed by atoms with Gasteiger partial charge in [0.05, 0.1) is 18.0 Å². The van der Waals surface area contributed by atoms with Gasteiger partial charge in [-0.2, -0.15) is 10.4 Å². The highest BCUT2D eigenvalue weighted by molar-refractivity contribution is 5.98. The number of halogens is 1. The summed E-state index contributed by atoms with van der Waals surface area (Å²) < 4.78 is 25.6. The molecule has 0 unspecified atom stereocenters. The predicted octanol–water partition coefficient (Wildman–Crippen LogP) is 5.73. The van der Waals surface area contributed by atoms with E-state index in [2.05, 4.69) is 0 Å². The molecule has 0 aliphatic rings. The molecule has 6 nitrogen and oxygen atoms in total. The lowest BCUT2D eigenvalue weighted by Gasteiger charge is -2.07. The molecule has 35 heavy (non-hydrogen) atoms. The van der Waals surface area contributed by atoms with Gasteiger partial charge >= 0.3 is 5.97 Å². The maximum atomic E-state index is 13.1. The van der Waals surface area contributed by atoms with Crippen molar-refractivity contribution in [2.45, 2.75) is 13.5 Å². The number of para-hydroxylation sites is 1. The van der Waals surface area contributed by atoms with Gasteiger partial charge in [0.25, 0.3) is 0 Å². The van der Waals surface area contributed by atoms with Crippen LogP contribution in [0.25, 0.3) is 23.0 Å². The first-order valence-electron chi connectivity index (χ1n) is 11.0. The van der Waals surface area contributed by atoms with Crippen LogP contribution < -0.4 is 4.74 Å². The van der Waals surface area contributed by atoms with Crippen LogP contribution in [0.5, 0.6) is 5.75 Å². The zero-order chi connectivity index (χ0) is 24.6.